The number of benzene rings is 2. The summed E-state index contributed by atoms with van der Waals surface area (Å²) in [7, 11) is 0. The van der Waals surface area contributed by atoms with E-state index in [1.54, 1.807) is 6.26 Å². The summed E-state index contributed by atoms with van der Waals surface area (Å²) in [5, 5.41) is 4.03. The van der Waals surface area contributed by atoms with Crippen molar-refractivity contribution in [2.45, 2.75) is 39.3 Å². The molecule has 27 heavy (non-hydrogen) atoms. The minimum atomic E-state index is 0.0134. The Kier molecular flexibility index (Phi) is 5.26. The Morgan fingerprint density at radius 2 is 1.81 bits per heavy atom. The van der Waals surface area contributed by atoms with Crippen LogP contribution in [0, 0.1) is 6.92 Å². The highest BCUT2D eigenvalue weighted by molar-refractivity contribution is 5.87. The molecule has 1 aliphatic heterocycles. The van der Waals surface area contributed by atoms with Gasteiger partial charge >= 0.3 is 0 Å². The number of nitrogens with one attached hydrogen (secondary N) is 1. The topological polar surface area (TPSA) is 45.5 Å². The Balaban J connectivity index is 1.30. The first-order valence-electron chi connectivity index (χ1n) is 9.71. The van der Waals surface area contributed by atoms with Crippen molar-refractivity contribution in [1.29, 1.82) is 0 Å². The molecule has 3 aromatic rings. The summed E-state index contributed by atoms with van der Waals surface area (Å²) >= 11 is 0. The predicted octanol–water partition coefficient (Wildman–Crippen LogP) is 4.20. The minimum Gasteiger partial charge on any atom is -0.464 e. The standard InChI is InChI=1S/C23H26N2O2/c1-17-4-9-21-20(16-27-22(21)12-17)13-23(26)24-14-18-5-7-19(8-6-18)15-25-10-2-3-11-25/h4-9,12,16H,2-3,10-11,13-15H2,1H3,(H,24,26). The summed E-state index contributed by atoms with van der Waals surface area (Å²) in [6.07, 6.45) is 4.66. The SMILES string of the molecule is Cc1ccc2c(CC(=O)NCc3ccc(CN4CCCC4)cc3)coc2c1. The Bertz CT molecular complexity index is 921. The molecule has 0 unspecified atom stereocenters. The molecule has 0 bridgehead atoms. The maximum absolute atomic E-state index is 12.3. The van der Waals surface area contributed by atoms with Gasteiger partial charge in [-0.15, -0.1) is 0 Å². The number of likely N-dealkylation sites (tertiary alicyclic amines) is 1. The second-order valence-corrected chi connectivity index (χ2v) is 7.51. The van der Waals surface area contributed by atoms with E-state index in [2.05, 4.69) is 34.5 Å². The van der Waals surface area contributed by atoms with E-state index >= 15 is 0 Å². The summed E-state index contributed by atoms with van der Waals surface area (Å²) in [4.78, 5) is 14.8. The van der Waals surface area contributed by atoms with Crippen molar-refractivity contribution in [3.8, 4) is 0 Å². The molecular formula is C23H26N2O2. The van der Waals surface area contributed by atoms with E-state index in [-0.39, 0.29) is 5.91 Å². The van der Waals surface area contributed by atoms with Gasteiger partial charge in [0, 0.05) is 24.0 Å². The molecule has 4 rings (SSSR count). The van der Waals surface area contributed by atoms with Gasteiger partial charge < -0.3 is 9.73 Å². The quantitative estimate of drug-likeness (QED) is 0.715. The van der Waals surface area contributed by atoms with Crippen LogP contribution in [-0.2, 0) is 24.3 Å². The predicted molar refractivity (Wildman–Crippen MR) is 107 cm³/mol. The van der Waals surface area contributed by atoms with Crippen molar-refractivity contribution < 1.29 is 9.21 Å². The number of furan rings is 1. The van der Waals surface area contributed by atoms with Crippen molar-refractivity contribution in [2.75, 3.05) is 13.1 Å². The van der Waals surface area contributed by atoms with Crippen molar-refractivity contribution >= 4 is 16.9 Å². The summed E-state index contributed by atoms with van der Waals surface area (Å²) in [6, 6.07) is 14.6. The van der Waals surface area contributed by atoms with Gasteiger partial charge in [0.25, 0.3) is 0 Å². The molecule has 1 amide bonds. The number of amides is 1. The molecule has 0 aliphatic carbocycles. The molecule has 140 valence electrons. The zero-order valence-corrected chi connectivity index (χ0v) is 15.8. The van der Waals surface area contributed by atoms with Gasteiger partial charge in [0.05, 0.1) is 12.7 Å². The number of carbonyl (C=O) groups excluding carboxylic acids is 1. The number of nitrogens with zero attached hydrogens (tertiary/aromatic N) is 1. The van der Waals surface area contributed by atoms with Crippen LogP contribution in [0.2, 0.25) is 0 Å². The maximum atomic E-state index is 12.3. The molecule has 0 spiro atoms. The van der Waals surface area contributed by atoms with E-state index in [9.17, 15) is 4.79 Å². The van der Waals surface area contributed by atoms with Crippen LogP contribution in [0.1, 0.15) is 35.1 Å². The number of hydrogen-bond acceptors (Lipinski definition) is 3. The first kappa shape index (κ1) is 17.8. The van der Waals surface area contributed by atoms with Gasteiger partial charge in [0.15, 0.2) is 0 Å². The normalized spacial score (nSPS) is 14.7. The Hall–Kier alpha value is -2.59. The lowest BCUT2D eigenvalue weighted by Crippen LogP contribution is -2.24. The molecule has 2 heterocycles. The fourth-order valence-corrected chi connectivity index (χ4v) is 3.72. The third-order valence-electron chi connectivity index (χ3n) is 5.28. The van der Waals surface area contributed by atoms with Crippen molar-refractivity contribution in [1.82, 2.24) is 10.2 Å². The molecule has 0 radical (unpaired) electrons. The van der Waals surface area contributed by atoms with Crippen molar-refractivity contribution in [3.05, 3.63) is 71.0 Å². The fourth-order valence-electron chi connectivity index (χ4n) is 3.72. The average molecular weight is 362 g/mol. The maximum Gasteiger partial charge on any atom is 0.224 e. The Labute approximate surface area is 160 Å². The zero-order chi connectivity index (χ0) is 18.6. The van der Waals surface area contributed by atoms with Gasteiger partial charge in [-0.3, -0.25) is 9.69 Å². The van der Waals surface area contributed by atoms with Crippen LogP contribution in [-0.4, -0.2) is 23.9 Å². The second-order valence-electron chi connectivity index (χ2n) is 7.51. The number of carbonyl (C=O) groups is 1. The molecule has 0 atom stereocenters. The van der Waals surface area contributed by atoms with Crippen LogP contribution in [0.25, 0.3) is 11.0 Å². The summed E-state index contributed by atoms with van der Waals surface area (Å²) in [5.74, 6) is 0.0134. The van der Waals surface area contributed by atoms with E-state index in [4.69, 9.17) is 4.42 Å². The van der Waals surface area contributed by atoms with E-state index in [1.807, 2.05) is 25.1 Å². The van der Waals surface area contributed by atoms with Gasteiger partial charge in [-0.25, -0.2) is 0 Å². The molecule has 1 aliphatic rings. The lowest BCUT2D eigenvalue weighted by Gasteiger charge is -2.14. The molecule has 1 saturated heterocycles. The van der Waals surface area contributed by atoms with Gasteiger partial charge in [-0.05, 0) is 55.6 Å². The monoisotopic (exact) mass is 362 g/mol. The molecule has 4 heteroatoms. The van der Waals surface area contributed by atoms with Crippen LogP contribution >= 0.6 is 0 Å². The van der Waals surface area contributed by atoms with Crippen LogP contribution in [0.15, 0.2) is 53.1 Å². The van der Waals surface area contributed by atoms with Crippen LogP contribution in [0.3, 0.4) is 0 Å². The van der Waals surface area contributed by atoms with Crippen LogP contribution in [0.5, 0.6) is 0 Å². The lowest BCUT2D eigenvalue weighted by molar-refractivity contribution is -0.120. The highest BCUT2D eigenvalue weighted by Gasteiger charge is 2.12. The first-order chi connectivity index (χ1) is 13.2. The number of rotatable bonds is 6. The molecular weight excluding hydrogens is 336 g/mol. The Morgan fingerprint density at radius 1 is 1.07 bits per heavy atom. The molecule has 0 saturated carbocycles. The highest BCUT2D eigenvalue weighted by Crippen LogP contribution is 2.22. The first-order valence-corrected chi connectivity index (χ1v) is 9.71. The largest absolute Gasteiger partial charge is 0.464 e. The van der Waals surface area contributed by atoms with Crippen molar-refractivity contribution in [2.24, 2.45) is 0 Å². The smallest absolute Gasteiger partial charge is 0.224 e. The van der Waals surface area contributed by atoms with Crippen molar-refractivity contribution in [3.63, 3.8) is 0 Å². The minimum absolute atomic E-state index is 0.0134. The van der Waals surface area contributed by atoms with E-state index in [0.29, 0.717) is 13.0 Å². The second kappa shape index (κ2) is 7.97. The molecule has 1 N–H and O–H groups in total. The van der Waals surface area contributed by atoms with E-state index in [0.717, 1.165) is 34.2 Å². The van der Waals surface area contributed by atoms with Gasteiger partial charge in [0.1, 0.15) is 5.58 Å². The fraction of sp³-hybridized carbons (Fsp3) is 0.348. The van der Waals surface area contributed by atoms with Crippen LogP contribution < -0.4 is 5.32 Å². The molecule has 2 aromatic carbocycles. The van der Waals surface area contributed by atoms with Gasteiger partial charge in [-0.1, -0.05) is 36.4 Å². The third kappa shape index (κ3) is 4.40. The van der Waals surface area contributed by atoms with E-state index < -0.39 is 0 Å². The van der Waals surface area contributed by atoms with Gasteiger partial charge in [0.2, 0.25) is 5.91 Å². The Morgan fingerprint density at radius 3 is 2.59 bits per heavy atom. The average Bonchev–Trinajstić information content (AvgIpc) is 3.31. The molecule has 4 nitrogen and oxygen atoms in total. The molecule has 1 aromatic heterocycles. The van der Waals surface area contributed by atoms with Gasteiger partial charge in [-0.2, -0.15) is 0 Å². The van der Waals surface area contributed by atoms with Crippen LogP contribution in [0.4, 0.5) is 0 Å². The molecule has 1 fully saturated rings. The summed E-state index contributed by atoms with van der Waals surface area (Å²) in [5.41, 5.74) is 5.39. The number of fused-ring (bicyclic) bond motifs is 1. The summed E-state index contributed by atoms with van der Waals surface area (Å²) in [6.45, 7) is 6.03. The highest BCUT2D eigenvalue weighted by atomic mass is 16.3. The number of hydrogen-bond donors (Lipinski definition) is 1. The van der Waals surface area contributed by atoms with E-state index in [1.165, 1.54) is 31.5 Å². The third-order valence-corrected chi connectivity index (χ3v) is 5.28. The zero-order valence-electron chi connectivity index (χ0n) is 15.8. The number of aryl methyl sites for hydroxylation is 1. The lowest BCUT2D eigenvalue weighted by atomic mass is 10.1. The summed E-state index contributed by atoms with van der Waals surface area (Å²) < 4.78 is 5.58.